The van der Waals surface area contributed by atoms with Gasteiger partial charge in [0.15, 0.2) is 5.78 Å². The molecule has 0 aliphatic carbocycles. The number of nitrogens with zero attached hydrogens (tertiary/aromatic N) is 3. The predicted molar refractivity (Wildman–Crippen MR) is 113 cm³/mol. The third kappa shape index (κ3) is 4.59. The van der Waals surface area contributed by atoms with Crippen LogP contribution in [-0.4, -0.2) is 46.8 Å². The van der Waals surface area contributed by atoms with Crippen molar-refractivity contribution >= 4 is 12.0 Å². The van der Waals surface area contributed by atoms with Crippen LogP contribution in [-0.2, 0) is 6.54 Å². The zero-order chi connectivity index (χ0) is 20.8. The van der Waals surface area contributed by atoms with E-state index in [1.165, 1.54) is 18.5 Å². The van der Waals surface area contributed by atoms with Crippen LogP contribution in [0.15, 0.2) is 77.3 Å². The van der Waals surface area contributed by atoms with Crippen LogP contribution < -0.4 is 11.5 Å². The van der Waals surface area contributed by atoms with Gasteiger partial charge in [-0.2, -0.15) is 0 Å². The second-order valence-corrected chi connectivity index (χ2v) is 6.86. The molecule has 1 aliphatic rings. The minimum absolute atomic E-state index is 0.0647. The van der Waals surface area contributed by atoms with E-state index in [9.17, 15) is 9.90 Å². The molecule has 3 rings (SSSR count). The van der Waals surface area contributed by atoms with Crippen molar-refractivity contribution in [2.24, 2.45) is 16.5 Å². The van der Waals surface area contributed by atoms with E-state index in [4.69, 9.17) is 11.5 Å². The molecule has 0 spiro atoms. The van der Waals surface area contributed by atoms with Crippen molar-refractivity contribution in [1.29, 1.82) is 0 Å². The second kappa shape index (κ2) is 9.27. The van der Waals surface area contributed by atoms with Crippen LogP contribution in [0.3, 0.4) is 0 Å². The summed E-state index contributed by atoms with van der Waals surface area (Å²) in [5, 5.41) is 10.8. The van der Waals surface area contributed by atoms with Crippen molar-refractivity contribution in [2.75, 3.05) is 13.6 Å². The van der Waals surface area contributed by atoms with Gasteiger partial charge in [0.2, 0.25) is 0 Å². The van der Waals surface area contributed by atoms with E-state index in [0.717, 1.165) is 16.7 Å². The summed E-state index contributed by atoms with van der Waals surface area (Å²) < 4.78 is 0. The largest absolute Gasteiger partial charge is 0.404 e. The molecule has 2 aromatic rings. The molecule has 0 saturated heterocycles. The van der Waals surface area contributed by atoms with Crippen molar-refractivity contribution in [2.45, 2.75) is 18.7 Å². The van der Waals surface area contributed by atoms with Crippen molar-refractivity contribution in [3.8, 4) is 0 Å². The maximum atomic E-state index is 12.4. The van der Waals surface area contributed by atoms with Crippen LogP contribution in [0.25, 0.3) is 0 Å². The monoisotopic (exact) mass is 391 g/mol. The number of nitrogens with two attached hydrogens (primary N) is 2. The number of benzene rings is 1. The van der Waals surface area contributed by atoms with Gasteiger partial charge in [0.05, 0.1) is 5.70 Å². The van der Waals surface area contributed by atoms with Gasteiger partial charge in [-0.15, -0.1) is 0 Å². The summed E-state index contributed by atoms with van der Waals surface area (Å²) in [6.45, 7) is 0.993. The first kappa shape index (κ1) is 20.4. The molecular formula is C22H25N5O2. The summed E-state index contributed by atoms with van der Waals surface area (Å²) in [7, 11) is 1.69. The highest BCUT2D eigenvalue weighted by Gasteiger charge is 2.31. The molecule has 1 aromatic carbocycles. The number of rotatable bonds is 6. The Morgan fingerprint density at radius 1 is 1.34 bits per heavy atom. The fourth-order valence-electron chi connectivity index (χ4n) is 3.53. The zero-order valence-electron chi connectivity index (χ0n) is 16.3. The molecule has 0 bridgehead atoms. The Morgan fingerprint density at radius 2 is 2.14 bits per heavy atom. The van der Waals surface area contributed by atoms with Gasteiger partial charge in [-0.1, -0.05) is 24.3 Å². The maximum absolute atomic E-state index is 12.4. The molecule has 150 valence electrons. The number of allylic oxidation sites excluding steroid dienone is 1. The molecule has 0 fully saturated rings. The number of aliphatic hydroxyl groups is 1. The molecule has 1 aliphatic heterocycles. The minimum Gasteiger partial charge on any atom is -0.404 e. The average Bonchev–Trinajstić information content (AvgIpc) is 2.76. The number of hydrogen-bond acceptors (Lipinski definition) is 7. The van der Waals surface area contributed by atoms with Crippen molar-refractivity contribution < 1.29 is 9.90 Å². The first-order chi connectivity index (χ1) is 14.0. The Kier molecular flexibility index (Phi) is 6.54. The summed E-state index contributed by atoms with van der Waals surface area (Å²) in [6.07, 6.45) is 6.46. The number of aromatic nitrogens is 1. The Morgan fingerprint density at radius 3 is 2.83 bits per heavy atom. The van der Waals surface area contributed by atoms with Gasteiger partial charge >= 0.3 is 0 Å². The molecule has 5 N–H and O–H groups in total. The lowest BCUT2D eigenvalue weighted by Gasteiger charge is -2.37. The minimum atomic E-state index is -1.11. The Bertz CT molecular complexity index is 953. The van der Waals surface area contributed by atoms with Gasteiger partial charge in [-0.3, -0.25) is 19.7 Å². The summed E-state index contributed by atoms with van der Waals surface area (Å²) in [6, 6.07) is 11.3. The van der Waals surface area contributed by atoms with Gasteiger partial charge in [-0.25, -0.2) is 0 Å². The van der Waals surface area contributed by atoms with Gasteiger partial charge in [0.25, 0.3) is 0 Å². The van der Waals surface area contributed by atoms with Gasteiger partial charge in [0, 0.05) is 56.3 Å². The van der Waals surface area contributed by atoms with Crippen LogP contribution in [0.4, 0.5) is 0 Å². The fraction of sp³-hybridized carbons (Fsp3) is 0.227. The van der Waals surface area contributed by atoms with E-state index in [-0.39, 0.29) is 17.4 Å². The van der Waals surface area contributed by atoms with E-state index in [1.54, 1.807) is 31.6 Å². The van der Waals surface area contributed by atoms with Crippen molar-refractivity contribution in [3.05, 3.63) is 89.0 Å². The SMILES string of the molecule is CN=CC(=CN)C1CN(C(O)C(N)=CC(=O)c2cccnc2)Cc2ccccc21. The van der Waals surface area contributed by atoms with Gasteiger partial charge in [0.1, 0.15) is 6.23 Å². The molecule has 2 unspecified atom stereocenters. The summed E-state index contributed by atoms with van der Waals surface area (Å²) in [4.78, 5) is 22.2. The van der Waals surface area contributed by atoms with E-state index in [2.05, 4.69) is 16.0 Å². The summed E-state index contributed by atoms with van der Waals surface area (Å²) in [5.74, 6) is -0.366. The van der Waals surface area contributed by atoms with E-state index < -0.39 is 6.23 Å². The molecule has 1 aromatic heterocycles. The van der Waals surface area contributed by atoms with Gasteiger partial charge in [-0.05, 0) is 35.0 Å². The number of aliphatic hydroxyl groups excluding tert-OH is 1. The fourth-order valence-corrected chi connectivity index (χ4v) is 3.53. The number of carbonyl (C=O) groups excluding carboxylic acids is 1. The highest BCUT2D eigenvalue weighted by Crippen LogP contribution is 2.33. The molecule has 2 heterocycles. The standard InChI is InChI=1S/C22H25N5O2/c1-25-11-17(10-23)19-14-27(13-16-5-2-3-7-18(16)19)22(29)20(24)9-21(28)15-6-4-8-26-12-15/h2-12,19,22,29H,13-14,23-24H2,1H3. The number of carbonyl (C=O) groups is 1. The molecular weight excluding hydrogens is 366 g/mol. The van der Waals surface area contributed by atoms with Crippen molar-refractivity contribution in [3.63, 3.8) is 0 Å². The van der Waals surface area contributed by atoms with Crippen LogP contribution in [0.5, 0.6) is 0 Å². The Labute approximate surface area is 170 Å². The average molecular weight is 391 g/mol. The molecule has 7 nitrogen and oxygen atoms in total. The molecule has 0 saturated carbocycles. The predicted octanol–water partition coefficient (Wildman–Crippen LogP) is 1.57. The first-order valence-corrected chi connectivity index (χ1v) is 9.30. The van der Waals surface area contributed by atoms with Crippen LogP contribution in [0.1, 0.15) is 27.4 Å². The highest BCUT2D eigenvalue weighted by molar-refractivity contribution is 6.04. The number of ketones is 1. The number of fused-ring (bicyclic) bond motifs is 1. The molecule has 29 heavy (non-hydrogen) atoms. The zero-order valence-corrected chi connectivity index (χ0v) is 16.3. The molecule has 0 radical (unpaired) electrons. The smallest absolute Gasteiger partial charge is 0.189 e. The molecule has 2 atom stereocenters. The summed E-state index contributed by atoms with van der Waals surface area (Å²) >= 11 is 0. The lowest BCUT2D eigenvalue weighted by Crippen LogP contribution is -2.44. The second-order valence-electron chi connectivity index (χ2n) is 6.86. The quantitative estimate of drug-likeness (QED) is 0.391. The third-order valence-electron chi connectivity index (χ3n) is 4.98. The van der Waals surface area contributed by atoms with Crippen LogP contribution in [0.2, 0.25) is 0 Å². The third-order valence-corrected chi connectivity index (χ3v) is 4.98. The number of pyridine rings is 1. The number of hydrogen-bond donors (Lipinski definition) is 3. The van der Waals surface area contributed by atoms with E-state index in [1.807, 2.05) is 23.1 Å². The molecule has 7 heteroatoms. The summed E-state index contributed by atoms with van der Waals surface area (Å²) in [5.41, 5.74) is 15.5. The lowest BCUT2D eigenvalue weighted by atomic mass is 9.84. The normalized spacial score (nSPS) is 19.2. The van der Waals surface area contributed by atoms with E-state index in [0.29, 0.717) is 18.7 Å². The lowest BCUT2D eigenvalue weighted by molar-refractivity contribution is 0.0177. The number of aliphatic imine (C=N–C) groups is 1. The Hall–Kier alpha value is -3.29. The highest BCUT2D eigenvalue weighted by atomic mass is 16.3. The van der Waals surface area contributed by atoms with Crippen LogP contribution >= 0.6 is 0 Å². The first-order valence-electron chi connectivity index (χ1n) is 9.30. The topological polar surface area (TPSA) is 118 Å². The van der Waals surface area contributed by atoms with Crippen molar-refractivity contribution in [1.82, 2.24) is 9.88 Å². The molecule has 0 amide bonds. The van der Waals surface area contributed by atoms with E-state index >= 15 is 0 Å². The maximum Gasteiger partial charge on any atom is 0.189 e. The Balaban J connectivity index is 1.87. The van der Waals surface area contributed by atoms with Crippen LogP contribution in [0, 0.1) is 0 Å². The van der Waals surface area contributed by atoms with Gasteiger partial charge < -0.3 is 16.6 Å².